The molecule has 16 heavy (non-hydrogen) atoms. The predicted octanol–water partition coefficient (Wildman–Crippen LogP) is 1.51. The van der Waals surface area contributed by atoms with E-state index in [-0.39, 0.29) is 37.7 Å². The van der Waals surface area contributed by atoms with Crippen LogP contribution in [-0.4, -0.2) is 37.7 Å². The van der Waals surface area contributed by atoms with Crippen LogP contribution in [0.2, 0.25) is 0 Å². The van der Waals surface area contributed by atoms with Crippen LogP contribution in [0.15, 0.2) is 36.4 Å². The van der Waals surface area contributed by atoms with Gasteiger partial charge in [-0.3, -0.25) is 0 Å². The molecule has 0 heterocycles. The molecule has 2 rings (SSSR count). The van der Waals surface area contributed by atoms with Crippen molar-refractivity contribution in [1.29, 1.82) is 0 Å². The van der Waals surface area contributed by atoms with Gasteiger partial charge in [-0.2, -0.15) is 0 Å². The van der Waals surface area contributed by atoms with Gasteiger partial charge in [-0.1, -0.05) is 24.0 Å². The molecule has 0 saturated carbocycles. The van der Waals surface area contributed by atoms with Crippen molar-refractivity contribution in [3.8, 4) is 24.7 Å². The van der Waals surface area contributed by atoms with Gasteiger partial charge in [0.25, 0.3) is 0 Å². The van der Waals surface area contributed by atoms with E-state index in [1.54, 1.807) is 0 Å². The Balaban J connectivity index is 0.00000112. The Labute approximate surface area is 120 Å². The molecule has 0 aliphatic carbocycles. The first kappa shape index (κ1) is 15.0. The summed E-state index contributed by atoms with van der Waals surface area (Å²) in [5, 5.41) is 2.25. The van der Waals surface area contributed by atoms with E-state index in [2.05, 4.69) is 11.8 Å². The van der Waals surface area contributed by atoms with E-state index in [4.69, 9.17) is 12.8 Å². The van der Waals surface area contributed by atoms with Crippen molar-refractivity contribution in [3.05, 3.63) is 47.5 Å². The van der Waals surface area contributed by atoms with Crippen LogP contribution in [0.3, 0.4) is 0 Å². The number of hydrogen-bond acceptors (Lipinski definition) is 0. The fraction of sp³-hybridized carbons (Fsp3) is 0. The third-order valence-electron chi connectivity index (χ3n) is 2.17. The third kappa shape index (κ3) is 3.00. The molecule has 0 nitrogen and oxygen atoms in total. The average molecular weight is 192 g/mol. The van der Waals surface area contributed by atoms with Gasteiger partial charge in [-0.25, -0.2) is 0 Å². The molecule has 0 amide bonds. The molecule has 0 spiro atoms. The van der Waals surface area contributed by atoms with Crippen molar-refractivity contribution >= 4 is 48.5 Å². The average Bonchev–Trinajstić information content (AvgIpc) is 2.27. The summed E-state index contributed by atoms with van der Waals surface area (Å²) in [6, 6.07) is 11.8. The zero-order valence-electron chi connectivity index (χ0n) is 7.62. The second-order valence-corrected chi connectivity index (χ2v) is 3.07. The molecule has 0 unspecified atom stereocenters. The quantitative estimate of drug-likeness (QED) is 0.438. The van der Waals surface area contributed by atoms with Crippen molar-refractivity contribution < 1.29 is 0 Å². The summed E-state index contributed by atoms with van der Waals surface area (Å²) in [4.78, 5) is 0. The number of terminal acetylenes is 2. The summed E-state index contributed by atoms with van der Waals surface area (Å²) in [6.45, 7) is 0. The van der Waals surface area contributed by atoms with E-state index < -0.39 is 0 Å². The maximum atomic E-state index is 5.31. The zero-order chi connectivity index (χ0) is 9.97. The van der Waals surface area contributed by atoms with E-state index in [1.165, 1.54) is 0 Å². The van der Waals surface area contributed by atoms with Crippen molar-refractivity contribution in [1.82, 2.24) is 0 Å². The second-order valence-electron chi connectivity index (χ2n) is 3.07. The van der Waals surface area contributed by atoms with Crippen LogP contribution in [0, 0.1) is 24.7 Å². The van der Waals surface area contributed by atoms with E-state index >= 15 is 0 Å². The fourth-order valence-electron chi connectivity index (χ4n) is 1.43. The van der Waals surface area contributed by atoms with Gasteiger partial charge in [-0.05, 0) is 35.0 Å². The van der Waals surface area contributed by atoms with Crippen LogP contribution in [0.1, 0.15) is 11.1 Å². The Kier molecular flexibility index (Phi) is 6.16. The summed E-state index contributed by atoms with van der Waals surface area (Å²) in [6.07, 6.45) is 10.6. The van der Waals surface area contributed by atoms with E-state index in [0.29, 0.717) is 0 Å². The van der Waals surface area contributed by atoms with E-state index in [9.17, 15) is 0 Å². The van der Waals surface area contributed by atoms with Crippen LogP contribution in [0.5, 0.6) is 0 Å². The van der Waals surface area contributed by atoms with Crippen LogP contribution in [-0.2, 0) is 0 Å². The maximum absolute atomic E-state index is 5.31. The summed E-state index contributed by atoms with van der Waals surface area (Å²) in [5.41, 5.74) is 1.79. The van der Waals surface area contributed by atoms with Crippen molar-refractivity contribution in [2.24, 2.45) is 0 Å². The predicted molar refractivity (Wildman–Crippen MR) is 74.1 cm³/mol. The first-order valence-electron chi connectivity index (χ1n) is 4.30. The Morgan fingerprint density at radius 2 is 1.06 bits per heavy atom. The molecule has 0 bridgehead atoms. The Morgan fingerprint density at radius 1 is 0.688 bits per heavy atom. The number of hydrogen-bond donors (Lipinski definition) is 0. The monoisotopic (exact) mass is 192 g/mol. The molecule has 2 aromatic rings. The van der Waals surface area contributed by atoms with E-state index in [0.717, 1.165) is 21.9 Å². The number of rotatable bonds is 0. The van der Waals surface area contributed by atoms with Gasteiger partial charge in [0.2, 0.25) is 0 Å². The second kappa shape index (κ2) is 6.57. The van der Waals surface area contributed by atoms with Crippen LogP contribution < -0.4 is 0 Å². The number of fused-ring (bicyclic) bond motifs is 1. The molecule has 0 aliphatic rings. The molecule has 68 valence electrons. The molecule has 2 aromatic carbocycles. The van der Waals surface area contributed by atoms with Crippen LogP contribution in [0.4, 0.5) is 0 Å². The van der Waals surface area contributed by atoms with Gasteiger partial charge in [0.05, 0.1) is 0 Å². The molecule has 0 fully saturated rings. The Hall–Kier alpha value is -0.985. The third-order valence-corrected chi connectivity index (χ3v) is 2.17. The summed E-state index contributed by atoms with van der Waals surface area (Å²) >= 11 is 0. The zero-order valence-corrected chi connectivity index (χ0v) is 7.62. The van der Waals surface area contributed by atoms with Gasteiger partial charge >= 0.3 is 37.7 Å². The number of benzene rings is 2. The summed E-state index contributed by atoms with van der Waals surface area (Å²) in [5.74, 6) is 5.21. The Morgan fingerprint density at radius 3 is 1.38 bits per heavy atom. The van der Waals surface area contributed by atoms with E-state index in [1.807, 2.05) is 36.4 Å². The van der Waals surface area contributed by atoms with Crippen LogP contribution >= 0.6 is 0 Å². The van der Waals surface area contributed by atoms with Gasteiger partial charge < -0.3 is 0 Å². The van der Waals surface area contributed by atoms with Crippen molar-refractivity contribution in [3.63, 3.8) is 0 Å². The van der Waals surface area contributed by atoms with Gasteiger partial charge in [-0.15, -0.1) is 12.8 Å². The molecule has 0 saturated heterocycles. The minimum absolute atomic E-state index is 0. The first-order chi connectivity index (χ1) is 6.83. The van der Waals surface area contributed by atoms with Gasteiger partial charge in [0.1, 0.15) is 0 Å². The van der Waals surface area contributed by atoms with Crippen LogP contribution in [0.25, 0.3) is 10.8 Å². The molecule has 0 atom stereocenters. The summed E-state index contributed by atoms with van der Waals surface area (Å²) in [7, 11) is 0. The van der Waals surface area contributed by atoms with Gasteiger partial charge in [0, 0.05) is 11.1 Å². The topological polar surface area (TPSA) is 0 Å². The molecule has 0 N–H and O–H groups in total. The normalized spacial score (nSPS) is 8.12. The first-order valence-corrected chi connectivity index (χ1v) is 4.30. The summed E-state index contributed by atoms with van der Waals surface area (Å²) < 4.78 is 0. The SMILES string of the molecule is C#Cc1ccc2cc(C#C)ccc2c1.[LiH].[LiH]. The fourth-order valence-corrected chi connectivity index (χ4v) is 1.43. The Bertz CT molecular complexity index is 518. The standard InChI is InChI=1S/C14H8.2Li.2H/c1-3-11-5-7-14-10-12(4-2)6-8-13(14)9-11;;;;/h1-2,5-10H;;;;. The minimum atomic E-state index is 0. The molecular formula is C14H10Li2. The molecule has 2 heteroatoms. The molecule has 0 radical (unpaired) electrons. The molecular weight excluding hydrogens is 182 g/mol. The van der Waals surface area contributed by atoms with Gasteiger partial charge in [0.15, 0.2) is 0 Å². The van der Waals surface area contributed by atoms with Crippen molar-refractivity contribution in [2.75, 3.05) is 0 Å². The molecule has 0 aliphatic heterocycles. The van der Waals surface area contributed by atoms with Crippen molar-refractivity contribution in [2.45, 2.75) is 0 Å². The molecule has 0 aromatic heterocycles.